The number of hydrogen-bond donors (Lipinski definition) is 1. The Morgan fingerprint density at radius 2 is 2.13 bits per heavy atom. The summed E-state index contributed by atoms with van der Waals surface area (Å²) < 4.78 is 25.7. The topological polar surface area (TPSA) is 115 Å². The van der Waals surface area contributed by atoms with Gasteiger partial charge in [-0.1, -0.05) is 0 Å². The van der Waals surface area contributed by atoms with Crippen LogP contribution in [0.2, 0.25) is 0 Å². The third kappa shape index (κ3) is 4.00. The van der Waals surface area contributed by atoms with E-state index in [1.54, 1.807) is 12.1 Å². The Balaban J connectivity index is 1.49. The van der Waals surface area contributed by atoms with Crippen molar-refractivity contribution in [3.05, 3.63) is 47.4 Å². The zero-order valence-electron chi connectivity index (χ0n) is 16.8. The Morgan fingerprint density at radius 1 is 1.32 bits per heavy atom. The van der Waals surface area contributed by atoms with E-state index < -0.39 is 23.7 Å². The van der Waals surface area contributed by atoms with Crippen molar-refractivity contribution in [3.8, 4) is 11.6 Å². The van der Waals surface area contributed by atoms with Gasteiger partial charge >= 0.3 is 0 Å². The number of carbonyl (C=O) groups excluding carboxylic acids is 3. The number of aromatic nitrogens is 1. The molecular formula is C21H21FN4O5. The summed E-state index contributed by atoms with van der Waals surface area (Å²) in [4.78, 5) is 43.2. The van der Waals surface area contributed by atoms with E-state index in [1.165, 1.54) is 28.1 Å². The lowest BCUT2D eigenvalue weighted by Crippen LogP contribution is -2.34. The molecule has 10 heteroatoms. The minimum atomic E-state index is -0.752. The largest absolute Gasteiger partial charge is 0.479 e. The molecule has 1 saturated heterocycles. The Kier molecular flexibility index (Phi) is 5.45. The molecule has 1 atom stereocenters. The molecule has 2 aliphatic rings. The summed E-state index contributed by atoms with van der Waals surface area (Å²) in [6.45, 7) is 2.32. The molecule has 9 nitrogen and oxygen atoms in total. The molecule has 2 N–H and O–H groups in total. The van der Waals surface area contributed by atoms with Gasteiger partial charge in [0.25, 0.3) is 11.8 Å². The first kappa shape index (κ1) is 20.6. The predicted octanol–water partition coefficient (Wildman–Crippen LogP) is 1.24. The summed E-state index contributed by atoms with van der Waals surface area (Å²) in [5, 5.41) is 0. The summed E-state index contributed by atoms with van der Waals surface area (Å²) in [7, 11) is 0. The number of anilines is 1. The molecule has 0 bridgehead atoms. The van der Waals surface area contributed by atoms with Gasteiger partial charge in [-0.15, -0.1) is 0 Å². The van der Waals surface area contributed by atoms with Crippen molar-refractivity contribution in [1.82, 2.24) is 9.88 Å². The fourth-order valence-electron chi connectivity index (χ4n) is 3.73. The molecule has 0 unspecified atom stereocenters. The number of pyridine rings is 1. The number of benzene rings is 1. The Bertz CT molecular complexity index is 1040. The second-order valence-corrected chi connectivity index (χ2v) is 7.23. The molecule has 3 heterocycles. The van der Waals surface area contributed by atoms with Crippen molar-refractivity contribution < 1.29 is 28.2 Å². The third-order valence-electron chi connectivity index (χ3n) is 5.14. The summed E-state index contributed by atoms with van der Waals surface area (Å²) in [6.07, 6.45) is 1.12. The highest BCUT2D eigenvalue weighted by Crippen LogP contribution is 2.32. The summed E-state index contributed by atoms with van der Waals surface area (Å²) in [5.41, 5.74) is 5.74. The van der Waals surface area contributed by atoms with Crippen LogP contribution < -0.4 is 20.1 Å². The van der Waals surface area contributed by atoms with Crippen molar-refractivity contribution in [2.24, 2.45) is 5.73 Å². The molecule has 0 radical (unpaired) electrons. The van der Waals surface area contributed by atoms with E-state index >= 15 is 0 Å². The van der Waals surface area contributed by atoms with E-state index in [-0.39, 0.29) is 35.8 Å². The smallest absolute Gasteiger partial charge is 0.268 e. The fraction of sp³-hybridized carbons (Fsp3) is 0.333. The molecule has 162 valence electrons. The average molecular weight is 428 g/mol. The highest BCUT2D eigenvalue weighted by atomic mass is 19.1. The number of nitrogens with zero attached hydrogens (tertiary/aromatic N) is 3. The minimum absolute atomic E-state index is 0.0341. The third-order valence-corrected chi connectivity index (χ3v) is 5.14. The van der Waals surface area contributed by atoms with Crippen molar-refractivity contribution in [3.63, 3.8) is 0 Å². The molecule has 4 rings (SSSR count). The van der Waals surface area contributed by atoms with Crippen LogP contribution in [-0.4, -0.2) is 53.4 Å². The van der Waals surface area contributed by atoms with Gasteiger partial charge in [0.15, 0.2) is 6.10 Å². The summed E-state index contributed by atoms with van der Waals surface area (Å²) in [5.74, 6) is -1.25. The Labute approximate surface area is 177 Å². The van der Waals surface area contributed by atoms with Gasteiger partial charge in [0.1, 0.15) is 11.6 Å². The van der Waals surface area contributed by atoms with Gasteiger partial charge < -0.3 is 25.0 Å². The van der Waals surface area contributed by atoms with Gasteiger partial charge in [-0.2, -0.15) is 0 Å². The molecular weight excluding hydrogens is 407 g/mol. The van der Waals surface area contributed by atoms with E-state index in [2.05, 4.69) is 4.98 Å². The normalized spacial score (nSPS) is 17.8. The van der Waals surface area contributed by atoms with E-state index in [0.29, 0.717) is 31.2 Å². The van der Waals surface area contributed by atoms with Crippen LogP contribution in [0.3, 0.4) is 0 Å². The number of rotatable bonds is 7. The maximum Gasteiger partial charge on any atom is 0.268 e. The zero-order valence-corrected chi connectivity index (χ0v) is 16.8. The highest BCUT2D eigenvalue weighted by Gasteiger charge is 2.37. The lowest BCUT2D eigenvalue weighted by atomic mass is 10.1. The van der Waals surface area contributed by atoms with E-state index in [4.69, 9.17) is 15.2 Å². The van der Waals surface area contributed by atoms with Crippen LogP contribution in [-0.2, 0) is 16.1 Å². The number of carbonyl (C=O) groups is 3. The van der Waals surface area contributed by atoms with Gasteiger partial charge in [-0.25, -0.2) is 9.37 Å². The second-order valence-electron chi connectivity index (χ2n) is 7.23. The van der Waals surface area contributed by atoms with E-state index in [9.17, 15) is 18.8 Å². The second kappa shape index (κ2) is 8.21. The molecule has 3 amide bonds. The van der Waals surface area contributed by atoms with Crippen molar-refractivity contribution >= 4 is 23.4 Å². The quantitative estimate of drug-likeness (QED) is 0.710. The molecule has 0 spiro atoms. The molecule has 31 heavy (non-hydrogen) atoms. The lowest BCUT2D eigenvalue weighted by molar-refractivity contribution is -0.123. The number of nitrogens with two attached hydrogens (primary N) is 1. The van der Waals surface area contributed by atoms with Gasteiger partial charge in [0.05, 0.1) is 25.9 Å². The molecule has 1 fully saturated rings. The number of amides is 3. The van der Waals surface area contributed by atoms with Crippen LogP contribution >= 0.6 is 0 Å². The Hall–Kier alpha value is -3.69. The van der Waals surface area contributed by atoms with Gasteiger partial charge in [0.2, 0.25) is 11.8 Å². The van der Waals surface area contributed by atoms with Gasteiger partial charge in [-0.05, 0) is 25.1 Å². The molecule has 2 aliphatic heterocycles. The molecule has 2 aromatic rings. The monoisotopic (exact) mass is 428 g/mol. The average Bonchev–Trinajstić information content (AvgIpc) is 3.24. The van der Waals surface area contributed by atoms with Crippen LogP contribution in [0.5, 0.6) is 11.6 Å². The molecule has 0 aliphatic carbocycles. The first-order valence-corrected chi connectivity index (χ1v) is 9.84. The SMILES string of the molecule is CCOc1ccc(O[C@@H]2CCN(c3cc(F)c4c(c3)C(=O)N(CC(N)=O)C4)C2=O)cn1. The number of primary amides is 1. The molecule has 1 aromatic heterocycles. The predicted molar refractivity (Wildman–Crippen MR) is 107 cm³/mol. The fourth-order valence-corrected chi connectivity index (χ4v) is 3.73. The standard InChI is InChI=1S/C21H21FN4O5/c1-2-30-19-4-3-13(9-24-19)31-17-5-6-26(21(17)29)12-7-14-15(16(22)8-12)10-25(20(14)28)11-18(23)27/h3-4,7-9,17H,2,5-6,10-11H2,1H3,(H2,23,27)/t17-/m1/s1. The van der Waals surface area contributed by atoms with Gasteiger partial charge in [0, 0.05) is 35.8 Å². The minimum Gasteiger partial charge on any atom is -0.479 e. The van der Waals surface area contributed by atoms with Crippen LogP contribution in [0, 0.1) is 5.82 Å². The number of ether oxygens (including phenoxy) is 2. The maximum absolute atomic E-state index is 14.7. The van der Waals surface area contributed by atoms with E-state index in [1.807, 2.05) is 6.92 Å². The number of hydrogen-bond acceptors (Lipinski definition) is 6. The summed E-state index contributed by atoms with van der Waals surface area (Å²) in [6, 6.07) is 6.00. The molecule has 0 saturated carbocycles. The highest BCUT2D eigenvalue weighted by molar-refractivity contribution is 6.03. The maximum atomic E-state index is 14.7. The zero-order chi connectivity index (χ0) is 22.1. The van der Waals surface area contributed by atoms with Crippen molar-refractivity contribution in [1.29, 1.82) is 0 Å². The number of halogens is 1. The molecule has 1 aromatic carbocycles. The Morgan fingerprint density at radius 3 is 2.81 bits per heavy atom. The first-order valence-electron chi connectivity index (χ1n) is 9.84. The first-order chi connectivity index (χ1) is 14.9. The van der Waals surface area contributed by atoms with Gasteiger partial charge in [-0.3, -0.25) is 14.4 Å². The number of fused-ring (bicyclic) bond motifs is 1. The lowest BCUT2D eigenvalue weighted by Gasteiger charge is -2.18. The van der Waals surface area contributed by atoms with Crippen LogP contribution in [0.1, 0.15) is 29.3 Å². The van der Waals surface area contributed by atoms with Crippen LogP contribution in [0.25, 0.3) is 0 Å². The van der Waals surface area contributed by atoms with Crippen LogP contribution in [0.4, 0.5) is 10.1 Å². The summed E-state index contributed by atoms with van der Waals surface area (Å²) >= 11 is 0. The van der Waals surface area contributed by atoms with Crippen molar-refractivity contribution in [2.45, 2.75) is 26.0 Å². The van der Waals surface area contributed by atoms with E-state index in [0.717, 1.165) is 0 Å². The van der Waals surface area contributed by atoms with Crippen molar-refractivity contribution in [2.75, 3.05) is 24.6 Å². The van der Waals surface area contributed by atoms with Crippen LogP contribution in [0.15, 0.2) is 30.5 Å².